The fourth-order valence-electron chi connectivity index (χ4n) is 2.33. The van der Waals surface area contributed by atoms with E-state index in [1.54, 1.807) is 0 Å². The highest BCUT2D eigenvalue weighted by Crippen LogP contribution is 2.28. The van der Waals surface area contributed by atoms with Crippen LogP contribution >= 0.6 is 27.3 Å². The van der Waals surface area contributed by atoms with E-state index in [0.29, 0.717) is 11.6 Å². The molecule has 1 aromatic heterocycles. The number of nitrogens with one attached hydrogen (secondary N) is 1. The van der Waals surface area contributed by atoms with E-state index in [9.17, 15) is 4.79 Å². The number of halogens is 1. The number of thiazole rings is 1. The topological polar surface area (TPSA) is 42.0 Å². The zero-order chi connectivity index (χ0) is 15.7. The predicted octanol–water partition coefficient (Wildman–Crippen LogP) is 4.86. The maximum absolute atomic E-state index is 12.2. The predicted molar refractivity (Wildman–Crippen MR) is 95.6 cm³/mol. The van der Waals surface area contributed by atoms with Gasteiger partial charge in [-0.1, -0.05) is 51.0 Å². The number of carbonyl (C=O) groups is 1. The molecule has 0 aliphatic carbocycles. The van der Waals surface area contributed by atoms with Crippen molar-refractivity contribution in [1.29, 1.82) is 0 Å². The summed E-state index contributed by atoms with van der Waals surface area (Å²) in [7, 11) is 0. The number of aryl methyl sites for hydroxylation is 2. The van der Waals surface area contributed by atoms with E-state index in [2.05, 4.69) is 39.2 Å². The van der Waals surface area contributed by atoms with Crippen LogP contribution in [0.3, 0.4) is 0 Å². The minimum atomic E-state index is -0.0370. The summed E-state index contributed by atoms with van der Waals surface area (Å²) in [5.74, 6) is -0.0370. The van der Waals surface area contributed by atoms with Crippen LogP contribution in [0.15, 0.2) is 40.9 Å². The molecule has 0 aliphatic heterocycles. The summed E-state index contributed by atoms with van der Waals surface area (Å²) >= 11 is 4.93. The molecule has 3 rings (SSSR count). The first-order valence-corrected chi connectivity index (χ1v) is 8.54. The Kier molecular flexibility index (Phi) is 4.27. The summed E-state index contributed by atoms with van der Waals surface area (Å²) in [5, 5.41) is 3.54. The molecule has 0 atom stereocenters. The van der Waals surface area contributed by atoms with E-state index in [1.807, 2.05) is 37.3 Å². The van der Waals surface area contributed by atoms with Crippen molar-refractivity contribution in [3.05, 3.63) is 57.6 Å². The fraction of sp³-hybridized carbons (Fsp3) is 0.176. The summed E-state index contributed by atoms with van der Waals surface area (Å²) in [6.07, 6.45) is 0.367. The van der Waals surface area contributed by atoms with Gasteiger partial charge in [-0.15, -0.1) is 0 Å². The number of nitrogens with zero attached hydrogens (tertiary/aromatic N) is 1. The zero-order valence-corrected chi connectivity index (χ0v) is 14.7. The second kappa shape index (κ2) is 6.18. The Morgan fingerprint density at radius 1 is 1.23 bits per heavy atom. The van der Waals surface area contributed by atoms with Gasteiger partial charge in [0.25, 0.3) is 0 Å². The molecule has 3 aromatic rings. The largest absolute Gasteiger partial charge is 0.302 e. The molecular weight excluding hydrogens is 360 g/mol. The summed E-state index contributed by atoms with van der Waals surface area (Å²) < 4.78 is 2.06. The molecule has 0 radical (unpaired) electrons. The molecule has 1 amide bonds. The first-order valence-electron chi connectivity index (χ1n) is 6.93. The smallest absolute Gasteiger partial charge is 0.230 e. The number of amides is 1. The van der Waals surface area contributed by atoms with Gasteiger partial charge in [-0.3, -0.25) is 4.79 Å². The van der Waals surface area contributed by atoms with Crippen LogP contribution in [0.4, 0.5) is 5.13 Å². The monoisotopic (exact) mass is 374 g/mol. The second-order valence-corrected chi connectivity index (χ2v) is 7.23. The van der Waals surface area contributed by atoms with Crippen molar-refractivity contribution in [2.75, 3.05) is 5.32 Å². The number of anilines is 1. The van der Waals surface area contributed by atoms with Crippen molar-refractivity contribution in [3.63, 3.8) is 0 Å². The summed E-state index contributed by atoms with van der Waals surface area (Å²) in [6, 6.07) is 12.0. The minimum absolute atomic E-state index is 0.0370. The lowest BCUT2D eigenvalue weighted by atomic mass is 10.0. The Morgan fingerprint density at radius 3 is 2.82 bits per heavy atom. The molecule has 22 heavy (non-hydrogen) atoms. The van der Waals surface area contributed by atoms with Crippen LogP contribution in [-0.2, 0) is 11.2 Å². The number of benzene rings is 2. The van der Waals surface area contributed by atoms with E-state index in [1.165, 1.54) is 16.9 Å². The van der Waals surface area contributed by atoms with Crippen LogP contribution in [0.5, 0.6) is 0 Å². The molecule has 0 aliphatic rings. The van der Waals surface area contributed by atoms with Crippen LogP contribution in [0.25, 0.3) is 10.2 Å². The van der Waals surface area contributed by atoms with Crippen LogP contribution in [-0.4, -0.2) is 10.9 Å². The number of carbonyl (C=O) groups excluding carboxylic acids is 1. The van der Waals surface area contributed by atoms with Crippen molar-refractivity contribution < 1.29 is 4.79 Å². The van der Waals surface area contributed by atoms with Crippen LogP contribution in [0.2, 0.25) is 0 Å². The molecule has 0 saturated carbocycles. The molecule has 5 heteroatoms. The average molecular weight is 375 g/mol. The maximum Gasteiger partial charge on any atom is 0.230 e. The minimum Gasteiger partial charge on any atom is -0.302 e. The normalized spacial score (nSPS) is 10.9. The van der Waals surface area contributed by atoms with Crippen molar-refractivity contribution >= 4 is 48.5 Å². The average Bonchev–Trinajstić information content (AvgIpc) is 2.83. The number of hydrogen-bond acceptors (Lipinski definition) is 3. The SMILES string of the molecule is Cc1ccc(CC(=O)Nc2nc3ccc(Br)cc3s2)c(C)c1. The Morgan fingerprint density at radius 2 is 2.05 bits per heavy atom. The Balaban J connectivity index is 1.75. The number of rotatable bonds is 3. The van der Waals surface area contributed by atoms with Crippen LogP contribution < -0.4 is 5.32 Å². The molecule has 1 N–H and O–H groups in total. The standard InChI is InChI=1S/C17H15BrN2OS/c1-10-3-4-12(11(2)7-10)8-16(21)20-17-19-14-6-5-13(18)9-15(14)22-17/h3-7,9H,8H2,1-2H3,(H,19,20,21). The molecule has 112 valence electrons. The van der Waals surface area contributed by atoms with E-state index in [-0.39, 0.29) is 5.91 Å². The van der Waals surface area contributed by atoms with E-state index < -0.39 is 0 Å². The summed E-state index contributed by atoms with van der Waals surface area (Å²) in [6.45, 7) is 4.08. The van der Waals surface area contributed by atoms with Gasteiger partial charge in [-0.05, 0) is 43.2 Å². The van der Waals surface area contributed by atoms with Gasteiger partial charge < -0.3 is 5.32 Å². The molecule has 0 fully saturated rings. The highest BCUT2D eigenvalue weighted by molar-refractivity contribution is 9.10. The molecule has 2 aromatic carbocycles. The highest BCUT2D eigenvalue weighted by atomic mass is 79.9. The second-order valence-electron chi connectivity index (χ2n) is 5.29. The first-order chi connectivity index (χ1) is 10.5. The molecule has 0 spiro atoms. The molecule has 0 saturated heterocycles. The van der Waals surface area contributed by atoms with Crippen molar-refractivity contribution in [3.8, 4) is 0 Å². The van der Waals surface area contributed by atoms with Crippen LogP contribution in [0.1, 0.15) is 16.7 Å². The molecule has 1 heterocycles. The summed E-state index contributed by atoms with van der Waals surface area (Å²) in [4.78, 5) is 16.6. The van der Waals surface area contributed by atoms with Gasteiger partial charge in [0.15, 0.2) is 5.13 Å². The van der Waals surface area contributed by atoms with Gasteiger partial charge in [-0.2, -0.15) is 0 Å². The van der Waals surface area contributed by atoms with Gasteiger partial charge in [0.05, 0.1) is 16.6 Å². The van der Waals surface area contributed by atoms with Crippen molar-refractivity contribution in [1.82, 2.24) is 4.98 Å². The quantitative estimate of drug-likeness (QED) is 0.711. The Hall–Kier alpha value is -1.72. The highest BCUT2D eigenvalue weighted by Gasteiger charge is 2.10. The molecule has 0 bridgehead atoms. The third kappa shape index (κ3) is 3.36. The van der Waals surface area contributed by atoms with Crippen molar-refractivity contribution in [2.24, 2.45) is 0 Å². The number of aromatic nitrogens is 1. The zero-order valence-electron chi connectivity index (χ0n) is 12.3. The molecule has 0 unspecified atom stereocenters. The summed E-state index contributed by atoms with van der Waals surface area (Å²) in [5.41, 5.74) is 4.30. The molecule has 3 nitrogen and oxygen atoms in total. The van der Waals surface area contributed by atoms with E-state index in [0.717, 1.165) is 25.8 Å². The maximum atomic E-state index is 12.2. The third-order valence-corrected chi connectivity index (χ3v) is 4.87. The van der Waals surface area contributed by atoms with E-state index >= 15 is 0 Å². The lowest BCUT2D eigenvalue weighted by molar-refractivity contribution is -0.115. The third-order valence-electron chi connectivity index (χ3n) is 3.45. The molecular formula is C17H15BrN2OS. The lowest BCUT2D eigenvalue weighted by Gasteiger charge is -2.06. The van der Waals surface area contributed by atoms with Crippen LogP contribution in [0, 0.1) is 13.8 Å². The Labute approximate surface area is 141 Å². The fourth-order valence-corrected chi connectivity index (χ4v) is 3.77. The van der Waals surface area contributed by atoms with Crippen molar-refractivity contribution in [2.45, 2.75) is 20.3 Å². The van der Waals surface area contributed by atoms with Gasteiger partial charge in [0.1, 0.15) is 0 Å². The van der Waals surface area contributed by atoms with Gasteiger partial charge in [0, 0.05) is 4.47 Å². The first kappa shape index (κ1) is 15.2. The number of hydrogen-bond donors (Lipinski definition) is 1. The van der Waals surface area contributed by atoms with Gasteiger partial charge in [0.2, 0.25) is 5.91 Å². The lowest BCUT2D eigenvalue weighted by Crippen LogP contribution is -2.14. The number of fused-ring (bicyclic) bond motifs is 1. The Bertz CT molecular complexity index is 857. The van der Waals surface area contributed by atoms with Gasteiger partial charge in [-0.25, -0.2) is 4.98 Å². The van der Waals surface area contributed by atoms with E-state index in [4.69, 9.17) is 0 Å². The van der Waals surface area contributed by atoms with Gasteiger partial charge >= 0.3 is 0 Å².